The van der Waals surface area contributed by atoms with E-state index in [0.717, 1.165) is 6.26 Å². The van der Waals surface area contributed by atoms with Gasteiger partial charge in [0.15, 0.2) is 0 Å². The highest BCUT2D eigenvalue weighted by Gasteiger charge is 2.16. The van der Waals surface area contributed by atoms with Crippen LogP contribution in [0, 0.1) is 0 Å². The van der Waals surface area contributed by atoms with Gasteiger partial charge < -0.3 is 15.1 Å². The Labute approximate surface area is 138 Å². The number of benzene rings is 1. The van der Waals surface area contributed by atoms with Crippen LogP contribution in [0.5, 0.6) is 0 Å². The third-order valence-electron chi connectivity index (χ3n) is 2.70. The number of rotatable bonds is 6. The quantitative estimate of drug-likeness (QED) is 0.762. The molecule has 2 aromatic rings. The molecule has 0 fully saturated rings. The van der Waals surface area contributed by atoms with Crippen LogP contribution >= 0.6 is 11.6 Å². The van der Waals surface area contributed by atoms with Crippen molar-refractivity contribution in [2.75, 3.05) is 18.1 Å². The van der Waals surface area contributed by atoms with Crippen molar-refractivity contribution in [2.45, 2.75) is 18.1 Å². The second kappa shape index (κ2) is 7.42. The lowest BCUT2D eigenvalue weighted by atomic mass is 10.3. The number of carbonyl (C=O) groups excluding carboxylic acids is 1. The van der Waals surface area contributed by atoms with Crippen LogP contribution in [-0.2, 0) is 16.3 Å². The van der Waals surface area contributed by atoms with Gasteiger partial charge in [0, 0.05) is 29.9 Å². The second-order valence-corrected chi connectivity index (χ2v) is 7.06. The van der Waals surface area contributed by atoms with Gasteiger partial charge in [0.05, 0.1) is 0 Å². The number of aryl methyl sites for hydroxylation is 1. The highest BCUT2D eigenvalue weighted by atomic mass is 35.5. The summed E-state index contributed by atoms with van der Waals surface area (Å²) in [5.41, 5.74) is 0.588. The average molecular weight is 359 g/mol. The van der Waals surface area contributed by atoms with E-state index in [4.69, 9.17) is 16.0 Å². The summed E-state index contributed by atoms with van der Waals surface area (Å²) >= 11 is 5.82. The highest BCUT2D eigenvalue weighted by molar-refractivity contribution is 7.90. The Morgan fingerprint density at radius 2 is 2.13 bits per heavy atom. The summed E-state index contributed by atoms with van der Waals surface area (Å²) in [7, 11) is -3.49. The molecular formula is C13H15ClN4O4S. The van der Waals surface area contributed by atoms with Crippen molar-refractivity contribution >= 4 is 33.2 Å². The maximum atomic E-state index is 11.7. The third-order valence-corrected chi connectivity index (χ3v) is 3.74. The summed E-state index contributed by atoms with van der Waals surface area (Å²) in [6.07, 6.45) is 1.88. The number of hydrogen-bond donors (Lipinski definition) is 2. The third kappa shape index (κ3) is 5.53. The van der Waals surface area contributed by atoms with Crippen LogP contribution in [0.3, 0.4) is 0 Å². The zero-order valence-corrected chi connectivity index (χ0v) is 13.8. The molecule has 2 rings (SSSR count). The van der Waals surface area contributed by atoms with Crippen LogP contribution in [-0.4, -0.2) is 37.4 Å². The van der Waals surface area contributed by atoms with Crippen LogP contribution < -0.4 is 10.6 Å². The van der Waals surface area contributed by atoms with E-state index in [1.54, 1.807) is 24.3 Å². The van der Waals surface area contributed by atoms with Crippen molar-refractivity contribution in [1.82, 2.24) is 15.5 Å². The molecule has 0 aliphatic heterocycles. The topological polar surface area (TPSA) is 114 Å². The monoisotopic (exact) mass is 358 g/mol. The number of halogens is 1. The fourth-order valence-corrected chi connectivity index (χ4v) is 2.30. The number of carbonyl (C=O) groups is 1. The molecule has 1 heterocycles. The molecule has 0 radical (unpaired) electrons. The first-order chi connectivity index (χ1) is 10.8. The molecule has 0 saturated carbocycles. The van der Waals surface area contributed by atoms with Crippen LogP contribution in [0.1, 0.15) is 12.3 Å². The summed E-state index contributed by atoms with van der Waals surface area (Å²) in [5.74, 6) is 0.211. The van der Waals surface area contributed by atoms with Crippen molar-refractivity contribution in [3.8, 4) is 0 Å². The van der Waals surface area contributed by atoms with E-state index in [0.29, 0.717) is 30.1 Å². The van der Waals surface area contributed by atoms with Crippen molar-refractivity contribution in [3.63, 3.8) is 0 Å². The minimum Gasteiger partial charge on any atom is -0.413 e. The smallest absolute Gasteiger partial charge is 0.335 e. The molecular weight excluding hydrogens is 344 g/mol. The van der Waals surface area contributed by atoms with E-state index in [1.165, 1.54) is 0 Å². The Bertz CT molecular complexity index is 791. The minimum absolute atomic E-state index is 0.211. The highest BCUT2D eigenvalue weighted by Crippen LogP contribution is 2.14. The molecule has 2 amide bonds. The SMILES string of the molecule is CS(=O)(=O)c1nnc(CCCNC(=O)Nc2cccc(Cl)c2)o1. The molecule has 0 atom stereocenters. The van der Waals surface area contributed by atoms with E-state index in [1.807, 2.05) is 0 Å². The number of sulfone groups is 1. The predicted molar refractivity (Wildman–Crippen MR) is 84.2 cm³/mol. The zero-order chi connectivity index (χ0) is 16.9. The predicted octanol–water partition coefficient (Wildman–Crippen LogP) is 1.88. The van der Waals surface area contributed by atoms with Crippen LogP contribution in [0.2, 0.25) is 5.02 Å². The molecule has 1 aromatic carbocycles. The van der Waals surface area contributed by atoms with E-state index < -0.39 is 15.1 Å². The van der Waals surface area contributed by atoms with Crippen LogP contribution in [0.4, 0.5) is 10.5 Å². The maximum absolute atomic E-state index is 11.7. The van der Waals surface area contributed by atoms with Gasteiger partial charge in [-0.1, -0.05) is 22.8 Å². The molecule has 2 N–H and O–H groups in total. The van der Waals surface area contributed by atoms with Crippen molar-refractivity contribution in [3.05, 3.63) is 35.2 Å². The van der Waals surface area contributed by atoms with E-state index in [2.05, 4.69) is 20.8 Å². The minimum atomic E-state index is -3.49. The molecule has 8 nitrogen and oxygen atoms in total. The van der Waals surface area contributed by atoms with Gasteiger partial charge in [-0.25, -0.2) is 13.2 Å². The number of nitrogens with one attached hydrogen (secondary N) is 2. The summed E-state index contributed by atoms with van der Waals surface area (Å²) in [6.45, 7) is 0.364. The summed E-state index contributed by atoms with van der Waals surface area (Å²) in [6, 6.07) is 6.42. The Balaban J connectivity index is 1.73. The second-order valence-electron chi connectivity index (χ2n) is 4.73. The standard InChI is InChI=1S/C13H15ClN4O4S/c1-23(20,21)13-18-17-11(22-13)6-3-7-15-12(19)16-10-5-2-4-9(14)8-10/h2,4-5,8H,3,6-7H2,1H3,(H2,15,16,19). The van der Waals surface area contributed by atoms with Crippen molar-refractivity contribution in [1.29, 1.82) is 0 Å². The summed E-state index contributed by atoms with van der Waals surface area (Å²) < 4.78 is 27.4. The molecule has 124 valence electrons. The fraction of sp³-hybridized carbons (Fsp3) is 0.308. The van der Waals surface area contributed by atoms with Gasteiger partial charge in [0.1, 0.15) is 0 Å². The number of aromatic nitrogens is 2. The number of urea groups is 1. The Morgan fingerprint density at radius 1 is 1.35 bits per heavy atom. The molecule has 1 aromatic heterocycles. The Kier molecular flexibility index (Phi) is 5.56. The van der Waals surface area contributed by atoms with E-state index in [-0.39, 0.29) is 11.9 Å². The first-order valence-electron chi connectivity index (χ1n) is 6.67. The lowest BCUT2D eigenvalue weighted by Gasteiger charge is -2.07. The first-order valence-corrected chi connectivity index (χ1v) is 8.94. The van der Waals surface area contributed by atoms with Crippen molar-refractivity contribution in [2.24, 2.45) is 0 Å². The zero-order valence-electron chi connectivity index (χ0n) is 12.2. The number of anilines is 1. The number of amides is 2. The molecule has 10 heteroatoms. The molecule has 0 unspecified atom stereocenters. The number of nitrogens with zero attached hydrogens (tertiary/aromatic N) is 2. The molecule has 0 bridgehead atoms. The average Bonchev–Trinajstić information content (AvgIpc) is 2.92. The largest absolute Gasteiger partial charge is 0.413 e. The lowest BCUT2D eigenvalue weighted by Crippen LogP contribution is -2.29. The molecule has 0 saturated heterocycles. The molecule has 0 aliphatic rings. The molecule has 0 aliphatic carbocycles. The summed E-state index contributed by atoms with van der Waals surface area (Å²) in [5, 5.41) is 12.5. The molecule has 23 heavy (non-hydrogen) atoms. The van der Waals surface area contributed by atoms with E-state index >= 15 is 0 Å². The van der Waals surface area contributed by atoms with Gasteiger partial charge in [-0.05, 0) is 24.6 Å². The normalized spacial score (nSPS) is 11.2. The van der Waals surface area contributed by atoms with Gasteiger partial charge >= 0.3 is 11.3 Å². The van der Waals surface area contributed by atoms with Crippen molar-refractivity contribution < 1.29 is 17.6 Å². The van der Waals surface area contributed by atoms with Gasteiger partial charge in [0.25, 0.3) is 0 Å². The van der Waals surface area contributed by atoms with E-state index in [9.17, 15) is 13.2 Å². The van der Waals surface area contributed by atoms with Crippen LogP contribution in [0.25, 0.3) is 0 Å². The number of hydrogen-bond acceptors (Lipinski definition) is 6. The fourth-order valence-electron chi connectivity index (χ4n) is 1.67. The van der Waals surface area contributed by atoms with Gasteiger partial charge in [-0.3, -0.25) is 0 Å². The van der Waals surface area contributed by atoms with Gasteiger partial charge in [-0.2, -0.15) is 0 Å². The lowest BCUT2D eigenvalue weighted by molar-refractivity contribution is 0.252. The van der Waals surface area contributed by atoms with Crippen LogP contribution in [0.15, 0.2) is 33.9 Å². The molecule has 0 spiro atoms. The Morgan fingerprint density at radius 3 is 2.78 bits per heavy atom. The first kappa shape index (κ1) is 17.2. The van der Waals surface area contributed by atoms with Gasteiger partial charge in [-0.15, -0.1) is 5.10 Å². The van der Waals surface area contributed by atoms with Gasteiger partial charge in [0.2, 0.25) is 15.7 Å². The Hall–Kier alpha value is -2.13. The summed E-state index contributed by atoms with van der Waals surface area (Å²) in [4.78, 5) is 11.7. The maximum Gasteiger partial charge on any atom is 0.335 e.